The molecule has 0 amide bonds. The van der Waals surface area contributed by atoms with Crippen molar-refractivity contribution in [2.75, 3.05) is 13.7 Å². The van der Waals surface area contributed by atoms with Gasteiger partial charge in [-0.05, 0) is 31.5 Å². The lowest BCUT2D eigenvalue weighted by Crippen LogP contribution is -2.36. The van der Waals surface area contributed by atoms with Crippen molar-refractivity contribution in [1.82, 2.24) is 5.32 Å². The van der Waals surface area contributed by atoms with Gasteiger partial charge in [0.05, 0.1) is 18.7 Å². The summed E-state index contributed by atoms with van der Waals surface area (Å²) >= 11 is 0. The fourth-order valence-corrected chi connectivity index (χ4v) is 2.26. The average Bonchev–Trinajstić information content (AvgIpc) is 2.66. The van der Waals surface area contributed by atoms with E-state index in [1.165, 1.54) is 19.2 Å². The molecule has 1 aliphatic rings. The van der Waals surface area contributed by atoms with Gasteiger partial charge in [-0.1, -0.05) is 12.8 Å². The molecule has 98 valence electrons. The highest BCUT2D eigenvalue weighted by atomic mass is 19.1. The number of ether oxygens (including phenoxy) is 1. The van der Waals surface area contributed by atoms with Crippen LogP contribution < -0.4 is 10.1 Å². The minimum absolute atomic E-state index is 0.148. The molecule has 1 fully saturated rings. The first-order valence-corrected chi connectivity index (χ1v) is 6.33. The van der Waals surface area contributed by atoms with Crippen LogP contribution in [0.25, 0.3) is 0 Å². The Morgan fingerprint density at radius 1 is 1.39 bits per heavy atom. The van der Waals surface area contributed by atoms with E-state index in [4.69, 9.17) is 4.74 Å². The Hall–Kier alpha value is -1.42. The lowest BCUT2D eigenvalue weighted by molar-refractivity contribution is 0.0936. The van der Waals surface area contributed by atoms with E-state index in [1.54, 1.807) is 6.07 Å². The number of ketones is 1. The van der Waals surface area contributed by atoms with Crippen molar-refractivity contribution in [3.8, 4) is 5.75 Å². The number of Topliss-reactive ketones (excluding diaryl/α,β-unsaturated/α-hetero) is 1. The zero-order valence-corrected chi connectivity index (χ0v) is 10.5. The van der Waals surface area contributed by atoms with Crippen LogP contribution in [-0.4, -0.2) is 25.5 Å². The van der Waals surface area contributed by atoms with Crippen molar-refractivity contribution in [2.45, 2.75) is 31.7 Å². The van der Waals surface area contributed by atoms with Crippen LogP contribution in [0.1, 0.15) is 36.0 Å². The summed E-state index contributed by atoms with van der Waals surface area (Å²) in [5.74, 6) is -0.236. The van der Waals surface area contributed by atoms with Crippen molar-refractivity contribution in [1.29, 1.82) is 0 Å². The standard InChI is InChI=1S/C14H18FNO2/c1-18-10-6-7-11(12(15)9-10)14(17)13-5-3-2-4-8-16-13/h6-7,9,13,16H,2-5,8H2,1H3. The van der Waals surface area contributed by atoms with Crippen LogP contribution in [-0.2, 0) is 0 Å². The molecule has 0 saturated carbocycles. The van der Waals surface area contributed by atoms with Gasteiger partial charge in [-0.15, -0.1) is 0 Å². The van der Waals surface area contributed by atoms with E-state index < -0.39 is 5.82 Å². The first kappa shape index (κ1) is 13.0. The molecule has 1 unspecified atom stereocenters. The molecule has 1 saturated heterocycles. The van der Waals surface area contributed by atoms with Crippen LogP contribution in [0.2, 0.25) is 0 Å². The number of methoxy groups -OCH3 is 1. The molecule has 1 aliphatic heterocycles. The molecule has 0 radical (unpaired) electrons. The van der Waals surface area contributed by atoms with E-state index >= 15 is 0 Å². The van der Waals surface area contributed by atoms with Gasteiger partial charge in [-0.3, -0.25) is 4.79 Å². The van der Waals surface area contributed by atoms with Crippen LogP contribution in [0.3, 0.4) is 0 Å². The van der Waals surface area contributed by atoms with Gasteiger partial charge in [0.1, 0.15) is 11.6 Å². The highest BCUT2D eigenvalue weighted by Gasteiger charge is 2.23. The second kappa shape index (κ2) is 5.96. The molecule has 1 aromatic carbocycles. The SMILES string of the molecule is COc1ccc(C(=O)C2CCCCCN2)c(F)c1. The van der Waals surface area contributed by atoms with Crippen LogP contribution in [0.15, 0.2) is 18.2 Å². The van der Waals surface area contributed by atoms with Crippen molar-refractivity contribution in [3.05, 3.63) is 29.6 Å². The summed E-state index contributed by atoms with van der Waals surface area (Å²) in [4.78, 5) is 12.2. The Bertz CT molecular complexity index is 426. The van der Waals surface area contributed by atoms with Crippen LogP contribution >= 0.6 is 0 Å². The third-order valence-corrected chi connectivity index (χ3v) is 3.32. The molecule has 4 heteroatoms. The Labute approximate surface area is 106 Å². The first-order valence-electron chi connectivity index (χ1n) is 6.33. The summed E-state index contributed by atoms with van der Waals surface area (Å²) in [6.07, 6.45) is 4.00. The van der Waals surface area contributed by atoms with Gasteiger partial charge in [0, 0.05) is 6.07 Å². The largest absolute Gasteiger partial charge is 0.497 e. The zero-order valence-electron chi connectivity index (χ0n) is 10.5. The second-order valence-corrected chi connectivity index (χ2v) is 4.57. The number of hydrogen-bond donors (Lipinski definition) is 1. The first-order chi connectivity index (χ1) is 8.72. The molecule has 1 N–H and O–H groups in total. The molecular formula is C14H18FNO2. The van der Waals surface area contributed by atoms with E-state index in [1.807, 2.05) is 0 Å². The summed E-state index contributed by atoms with van der Waals surface area (Å²) in [6.45, 7) is 0.828. The molecular weight excluding hydrogens is 233 g/mol. The summed E-state index contributed by atoms with van der Waals surface area (Å²) in [5.41, 5.74) is 0.148. The predicted molar refractivity (Wildman–Crippen MR) is 67.5 cm³/mol. The van der Waals surface area contributed by atoms with Crippen molar-refractivity contribution in [2.24, 2.45) is 0 Å². The van der Waals surface area contributed by atoms with Gasteiger partial charge in [-0.25, -0.2) is 4.39 Å². The van der Waals surface area contributed by atoms with E-state index in [9.17, 15) is 9.18 Å². The summed E-state index contributed by atoms with van der Waals surface area (Å²) in [6, 6.07) is 4.12. The lowest BCUT2D eigenvalue weighted by atomic mass is 10.00. The number of carbonyl (C=O) groups is 1. The Morgan fingerprint density at radius 2 is 2.22 bits per heavy atom. The Balaban J connectivity index is 2.16. The Morgan fingerprint density at radius 3 is 2.94 bits per heavy atom. The smallest absolute Gasteiger partial charge is 0.182 e. The summed E-state index contributed by atoms with van der Waals surface area (Å²) in [5, 5.41) is 3.19. The number of nitrogens with one attached hydrogen (secondary N) is 1. The Kier molecular flexibility index (Phi) is 4.31. The molecule has 0 aliphatic carbocycles. The summed E-state index contributed by atoms with van der Waals surface area (Å²) < 4.78 is 18.7. The van der Waals surface area contributed by atoms with Gasteiger partial charge in [0.25, 0.3) is 0 Å². The lowest BCUT2D eigenvalue weighted by Gasteiger charge is -2.15. The van der Waals surface area contributed by atoms with Gasteiger partial charge in [-0.2, -0.15) is 0 Å². The minimum atomic E-state index is -0.509. The number of benzene rings is 1. The third kappa shape index (κ3) is 2.88. The molecule has 2 rings (SSSR count). The van der Waals surface area contributed by atoms with Crippen molar-refractivity contribution in [3.63, 3.8) is 0 Å². The fourth-order valence-electron chi connectivity index (χ4n) is 2.26. The number of carbonyl (C=O) groups excluding carboxylic acids is 1. The highest BCUT2D eigenvalue weighted by molar-refractivity contribution is 6.00. The highest BCUT2D eigenvalue weighted by Crippen LogP contribution is 2.20. The third-order valence-electron chi connectivity index (χ3n) is 3.32. The molecule has 1 heterocycles. The van der Waals surface area contributed by atoms with Crippen LogP contribution in [0, 0.1) is 5.82 Å². The fraction of sp³-hybridized carbons (Fsp3) is 0.500. The molecule has 0 spiro atoms. The van der Waals surface area contributed by atoms with Crippen LogP contribution in [0.5, 0.6) is 5.75 Å². The zero-order chi connectivity index (χ0) is 13.0. The van der Waals surface area contributed by atoms with E-state index in [2.05, 4.69) is 5.32 Å². The van der Waals surface area contributed by atoms with Gasteiger partial charge in [0.15, 0.2) is 5.78 Å². The van der Waals surface area contributed by atoms with E-state index in [0.717, 1.165) is 32.2 Å². The summed E-state index contributed by atoms with van der Waals surface area (Å²) in [7, 11) is 1.48. The minimum Gasteiger partial charge on any atom is -0.497 e. The molecule has 3 nitrogen and oxygen atoms in total. The number of rotatable bonds is 3. The maximum atomic E-state index is 13.8. The monoisotopic (exact) mass is 251 g/mol. The predicted octanol–water partition coefficient (Wildman–Crippen LogP) is 2.55. The molecule has 1 aromatic rings. The van der Waals surface area contributed by atoms with Gasteiger partial charge >= 0.3 is 0 Å². The molecule has 0 aromatic heterocycles. The van der Waals surface area contributed by atoms with Gasteiger partial charge < -0.3 is 10.1 Å². The maximum Gasteiger partial charge on any atom is 0.182 e. The van der Waals surface area contributed by atoms with E-state index in [-0.39, 0.29) is 17.4 Å². The molecule has 18 heavy (non-hydrogen) atoms. The molecule has 1 atom stereocenters. The van der Waals surface area contributed by atoms with Crippen molar-refractivity contribution >= 4 is 5.78 Å². The molecule has 0 bridgehead atoms. The second-order valence-electron chi connectivity index (χ2n) is 4.57. The normalized spacial score (nSPS) is 20.2. The van der Waals surface area contributed by atoms with Crippen LogP contribution in [0.4, 0.5) is 4.39 Å². The number of hydrogen-bond acceptors (Lipinski definition) is 3. The maximum absolute atomic E-state index is 13.8. The topological polar surface area (TPSA) is 38.3 Å². The quantitative estimate of drug-likeness (QED) is 0.839. The van der Waals surface area contributed by atoms with Crippen molar-refractivity contribution < 1.29 is 13.9 Å². The average molecular weight is 251 g/mol. The van der Waals surface area contributed by atoms with Gasteiger partial charge in [0.2, 0.25) is 0 Å². The number of halogens is 1. The van der Waals surface area contributed by atoms with E-state index in [0.29, 0.717) is 5.75 Å².